The van der Waals surface area contributed by atoms with Crippen LogP contribution in [-0.2, 0) is 16.1 Å². The van der Waals surface area contributed by atoms with Gasteiger partial charge in [-0.15, -0.1) is 0 Å². The van der Waals surface area contributed by atoms with Crippen LogP contribution in [0.4, 0.5) is 16.0 Å². The minimum absolute atomic E-state index is 0.175. The highest BCUT2D eigenvalue weighted by Gasteiger charge is 2.34. The fourth-order valence-electron chi connectivity index (χ4n) is 4.89. The van der Waals surface area contributed by atoms with E-state index < -0.39 is 24.3 Å². The number of rotatable bonds is 8. The molecule has 0 aliphatic carbocycles. The Morgan fingerprint density at radius 3 is 2.83 bits per heavy atom. The van der Waals surface area contributed by atoms with Crippen LogP contribution in [0.15, 0.2) is 48.8 Å². The number of ether oxygens (including phenoxy) is 2. The smallest absolute Gasteiger partial charge is 0.251 e. The fourth-order valence-corrected chi connectivity index (χ4v) is 4.89. The lowest BCUT2D eigenvalue weighted by Crippen LogP contribution is -2.51. The molecule has 3 aromatic rings. The highest BCUT2D eigenvalue weighted by molar-refractivity contribution is 5.80. The third-order valence-electron chi connectivity index (χ3n) is 7.05. The number of carbonyl (C=O) groups is 1. The molecule has 2 aromatic carbocycles. The monoisotopic (exact) mass is 561 g/mol. The lowest BCUT2D eigenvalue weighted by Gasteiger charge is -2.35. The number of nitriles is 1. The number of nitrogens with zero attached hydrogens (tertiary/aromatic N) is 6. The third-order valence-corrected chi connectivity index (χ3v) is 7.05. The Bertz CT molecular complexity index is 1410. The molecule has 2 aliphatic heterocycles. The minimum atomic E-state index is -1.46. The van der Waals surface area contributed by atoms with Crippen LogP contribution >= 0.6 is 0 Å². The van der Waals surface area contributed by atoms with Gasteiger partial charge in [-0.05, 0) is 42.8 Å². The Morgan fingerprint density at radius 2 is 2.07 bits per heavy atom. The Balaban J connectivity index is 1.25. The fraction of sp³-hybridized carbons (Fsp3) is 0.414. The Hall–Kier alpha value is -4.18. The van der Waals surface area contributed by atoms with Crippen LogP contribution in [0.5, 0.6) is 5.75 Å². The molecular weight excluding hydrogens is 529 g/mol. The average molecular weight is 562 g/mol. The predicted octanol–water partition coefficient (Wildman–Crippen LogP) is 2.68. The summed E-state index contributed by atoms with van der Waals surface area (Å²) in [6, 6.07) is 15.1. The number of halogens is 1. The number of amides is 1. The molecule has 12 heteroatoms. The maximum atomic E-state index is 14.8. The number of carbonyl (C=O) groups excluding carboxylic acids is 1. The number of morpholine rings is 1. The molecule has 0 spiro atoms. The Kier molecular flexibility index (Phi) is 8.98. The van der Waals surface area contributed by atoms with E-state index in [4.69, 9.17) is 9.47 Å². The molecule has 0 bridgehead atoms. The molecule has 214 valence electrons. The van der Waals surface area contributed by atoms with E-state index in [0.29, 0.717) is 17.3 Å². The molecule has 3 atom stereocenters. The minimum Gasteiger partial charge on any atom is -0.486 e. The van der Waals surface area contributed by atoms with Crippen LogP contribution in [0.1, 0.15) is 24.5 Å². The van der Waals surface area contributed by atoms with Crippen LogP contribution in [0.2, 0.25) is 0 Å². The molecule has 1 amide bonds. The van der Waals surface area contributed by atoms with E-state index in [1.807, 2.05) is 12.1 Å². The number of aliphatic hydroxyl groups is 1. The summed E-state index contributed by atoms with van der Waals surface area (Å²) in [5.41, 5.74) is 2.80. The summed E-state index contributed by atoms with van der Waals surface area (Å²) in [4.78, 5) is 28.7. The van der Waals surface area contributed by atoms with Crippen molar-refractivity contribution < 1.29 is 23.8 Å². The van der Waals surface area contributed by atoms with Crippen molar-refractivity contribution in [2.45, 2.75) is 38.3 Å². The summed E-state index contributed by atoms with van der Waals surface area (Å²) in [6.07, 6.45) is -1.83. The van der Waals surface area contributed by atoms with Gasteiger partial charge in [0, 0.05) is 43.9 Å². The Labute approximate surface area is 237 Å². The number of piperidine rings is 1. The topological polar surface area (TPSA) is 137 Å². The van der Waals surface area contributed by atoms with Gasteiger partial charge >= 0.3 is 0 Å². The predicted molar refractivity (Wildman–Crippen MR) is 148 cm³/mol. The second-order valence-electron chi connectivity index (χ2n) is 10.1. The van der Waals surface area contributed by atoms with Crippen molar-refractivity contribution in [1.29, 1.82) is 5.26 Å². The van der Waals surface area contributed by atoms with Gasteiger partial charge in [0.05, 0.1) is 25.3 Å². The molecule has 11 nitrogen and oxygen atoms in total. The molecule has 2 fully saturated rings. The number of aliphatic hydroxyl groups excluding tert-OH is 1. The molecule has 0 radical (unpaired) electrons. The number of anilines is 2. The highest BCUT2D eigenvalue weighted by atomic mass is 19.1. The van der Waals surface area contributed by atoms with Crippen molar-refractivity contribution >= 4 is 17.5 Å². The van der Waals surface area contributed by atoms with E-state index in [-0.39, 0.29) is 30.8 Å². The molecule has 5 rings (SSSR count). The Morgan fingerprint density at radius 1 is 1.24 bits per heavy atom. The summed E-state index contributed by atoms with van der Waals surface area (Å²) in [5, 5.41) is 22.5. The normalized spacial score (nSPS) is 20.2. The quantitative estimate of drug-likeness (QED) is 0.422. The SMILES string of the molecule is CC(O)C(=O)N1CC[C@H](Oc2ccc(-c3ncnc(Nc4cccc(CN5CCOCC5)c4)n3)cc2C#N)[C@H](F)C1. The van der Waals surface area contributed by atoms with E-state index >= 15 is 0 Å². The van der Waals surface area contributed by atoms with Crippen molar-refractivity contribution in [1.82, 2.24) is 24.8 Å². The lowest BCUT2D eigenvalue weighted by molar-refractivity contribution is -0.143. The van der Waals surface area contributed by atoms with E-state index in [9.17, 15) is 19.6 Å². The molecule has 1 unspecified atom stereocenters. The van der Waals surface area contributed by atoms with Crippen molar-refractivity contribution in [3.63, 3.8) is 0 Å². The molecule has 3 heterocycles. The first-order valence-corrected chi connectivity index (χ1v) is 13.6. The van der Waals surface area contributed by atoms with E-state index in [2.05, 4.69) is 43.4 Å². The largest absolute Gasteiger partial charge is 0.486 e. The van der Waals surface area contributed by atoms with Gasteiger partial charge in [0.1, 0.15) is 30.4 Å². The number of alkyl halides is 1. The van der Waals surface area contributed by atoms with Gasteiger partial charge in [-0.3, -0.25) is 9.69 Å². The molecule has 2 aliphatic rings. The first kappa shape index (κ1) is 28.4. The van der Waals surface area contributed by atoms with E-state index in [0.717, 1.165) is 44.1 Å². The van der Waals surface area contributed by atoms with Crippen molar-refractivity contribution in [2.75, 3.05) is 44.7 Å². The van der Waals surface area contributed by atoms with Crippen molar-refractivity contribution in [2.24, 2.45) is 0 Å². The second kappa shape index (κ2) is 13.0. The summed E-state index contributed by atoms with van der Waals surface area (Å²) in [6.45, 7) is 5.56. The number of likely N-dealkylation sites (tertiary alicyclic amines) is 1. The van der Waals surface area contributed by atoms with Gasteiger partial charge < -0.3 is 24.8 Å². The van der Waals surface area contributed by atoms with Gasteiger partial charge in [0.15, 0.2) is 12.0 Å². The van der Waals surface area contributed by atoms with Crippen molar-refractivity contribution in [3.8, 4) is 23.2 Å². The van der Waals surface area contributed by atoms with Gasteiger partial charge in [-0.25, -0.2) is 14.4 Å². The van der Waals surface area contributed by atoms with Gasteiger partial charge in [0.25, 0.3) is 5.91 Å². The number of hydrogen-bond acceptors (Lipinski definition) is 10. The summed E-state index contributed by atoms with van der Waals surface area (Å²) in [7, 11) is 0. The zero-order chi connectivity index (χ0) is 28.8. The highest BCUT2D eigenvalue weighted by Crippen LogP contribution is 2.28. The van der Waals surface area contributed by atoms with E-state index in [1.54, 1.807) is 18.2 Å². The van der Waals surface area contributed by atoms with Crippen LogP contribution in [0, 0.1) is 11.3 Å². The number of hydrogen-bond donors (Lipinski definition) is 2. The second-order valence-corrected chi connectivity index (χ2v) is 10.1. The summed E-state index contributed by atoms with van der Waals surface area (Å²) in [5.74, 6) is 0.447. The molecule has 2 N–H and O–H groups in total. The van der Waals surface area contributed by atoms with E-state index in [1.165, 1.54) is 18.2 Å². The molecular formula is C29H32FN7O4. The molecule has 2 saturated heterocycles. The maximum Gasteiger partial charge on any atom is 0.251 e. The number of aromatic nitrogens is 3. The third kappa shape index (κ3) is 7.13. The lowest BCUT2D eigenvalue weighted by atomic mass is 10.0. The van der Waals surface area contributed by atoms with Crippen LogP contribution < -0.4 is 10.1 Å². The molecule has 1 aromatic heterocycles. The first-order chi connectivity index (χ1) is 19.9. The average Bonchev–Trinajstić information content (AvgIpc) is 2.98. The first-order valence-electron chi connectivity index (χ1n) is 13.6. The van der Waals surface area contributed by atoms with Crippen LogP contribution in [0.3, 0.4) is 0 Å². The molecule has 41 heavy (non-hydrogen) atoms. The van der Waals surface area contributed by atoms with Gasteiger partial charge in [-0.2, -0.15) is 10.2 Å². The molecule has 0 saturated carbocycles. The summed E-state index contributed by atoms with van der Waals surface area (Å²) < 4.78 is 26.1. The summed E-state index contributed by atoms with van der Waals surface area (Å²) >= 11 is 0. The van der Waals surface area contributed by atoms with Crippen molar-refractivity contribution in [3.05, 3.63) is 59.9 Å². The van der Waals surface area contributed by atoms with Crippen LogP contribution in [0.25, 0.3) is 11.4 Å². The number of benzene rings is 2. The van der Waals surface area contributed by atoms with Crippen LogP contribution in [-0.4, -0.2) is 93.5 Å². The standard InChI is InChI=1S/C29H32FN7O4/c1-19(38)28(39)37-8-7-26(24(30)17-37)41-25-6-5-21(14-22(25)15-31)27-32-18-33-29(35-27)34-23-4-2-3-20(13-23)16-36-9-11-40-12-10-36/h2-6,13-14,18-19,24,26,38H,7-12,16-17H2,1H3,(H,32,33,34,35)/t19?,24-,26+/m1/s1. The zero-order valence-electron chi connectivity index (χ0n) is 22.7. The maximum absolute atomic E-state index is 14.8. The zero-order valence-corrected chi connectivity index (χ0v) is 22.7. The van der Waals surface area contributed by atoms with Gasteiger partial charge in [0.2, 0.25) is 5.95 Å². The van der Waals surface area contributed by atoms with Gasteiger partial charge in [-0.1, -0.05) is 12.1 Å². The number of nitrogens with one attached hydrogen (secondary N) is 1.